The predicted octanol–water partition coefficient (Wildman–Crippen LogP) is 2.07. The van der Waals surface area contributed by atoms with E-state index in [4.69, 9.17) is 10.5 Å². The Labute approximate surface area is 112 Å². The highest BCUT2D eigenvalue weighted by molar-refractivity contribution is 5.84. The van der Waals surface area contributed by atoms with Gasteiger partial charge in [0.2, 0.25) is 5.91 Å². The molecule has 0 heterocycles. The van der Waals surface area contributed by atoms with E-state index in [9.17, 15) is 4.79 Å². The molecule has 1 amide bonds. The molecular formula is C14H30N2O2. The highest BCUT2D eigenvalue weighted by Crippen LogP contribution is 2.14. The molecule has 0 aromatic heterocycles. The highest BCUT2D eigenvalue weighted by Gasteiger charge is 2.30. The van der Waals surface area contributed by atoms with Crippen molar-refractivity contribution in [2.24, 2.45) is 11.7 Å². The summed E-state index contributed by atoms with van der Waals surface area (Å²) in [5.41, 5.74) is 4.83. The molecule has 0 bridgehead atoms. The number of carbonyl (C=O) groups excluding carboxylic acids is 1. The Morgan fingerprint density at radius 3 is 2.22 bits per heavy atom. The molecule has 0 aliphatic rings. The van der Waals surface area contributed by atoms with Crippen molar-refractivity contribution < 1.29 is 9.53 Å². The molecule has 0 fully saturated rings. The highest BCUT2D eigenvalue weighted by atomic mass is 16.5. The molecule has 4 heteroatoms. The Morgan fingerprint density at radius 1 is 1.28 bits per heavy atom. The number of amides is 1. The van der Waals surface area contributed by atoms with Gasteiger partial charge in [-0.2, -0.15) is 0 Å². The topological polar surface area (TPSA) is 64.3 Å². The van der Waals surface area contributed by atoms with Crippen molar-refractivity contribution in [2.75, 3.05) is 6.61 Å². The molecule has 108 valence electrons. The third-order valence-electron chi connectivity index (χ3n) is 3.29. The van der Waals surface area contributed by atoms with Crippen LogP contribution in [0.2, 0.25) is 0 Å². The second kappa shape index (κ2) is 7.74. The van der Waals surface area contributed by atoms with Gasteiger partial charge in [0.1, 0.15) is 0 Å². The number of ether oxygens (including phenoxy) is 1. The molecule has 0 aliphatic carbocycles. The molecule has 0 radical (unpaired) electrons. The van der Waals surface area contributed by atoms with Gasteiger partial charge in [-0.15, -0.1) is 0 Å². The number of primary amides is 1. The number of carbonyl (C=O) groups is 1. The summed E-state index contributed by atoms with van der Waals surface area (Å²) in [5, 5.41) is 3.24. The Morgan fingerprint density at radius 2 is 1.83 bits per heavy atom. The van der Waals surface area contributed by atoms with E-state index in [0.717, 1.165) is 6.42 Å². The van der Waals surface area contributed by atoms with E-state index in [0.29, 0.717) is 18.9 Å². The summed E-state index contributed by atoms with van der Waals surface area (Å²) in [4.78, 5) is 11.5. The second-order valence-corrected chi connectivity index (χ2v) is 5.92. The zero-order valence-electron chi connectivity index (χ0n) is 12.7. The first-order valence-corrected chi connectivity index (χ1v) is 6.88. The maximum atomic E-state index is 11.5. The number of rotatable bonds is 9. The van der Waals surface area contributed by atoms with Gasteiger partial charge < -0.3 is 15.8 Å². The Bertz CT molecular complexity index is 254. The average Bonchev–Trinajstić information content (AvgIpc) is 2.22. The minimum Gasteiger partial charge on any atom is -0.378 e. The van der Waals surface area contributed by atoms with Gasteiger partial charge in [0, 0.05) is 12.6 Å². The summed E-state index contributed by atoms with van der Waals surface area (Å²) < 4.78 is 5.70. The fraction of sp³-hybridized carbons (Fsp3) is 0.929. The fourth-order valence-electron chi connectivity index (χ4n) is 1.79. The largest absolute Gasteiger partial charge is 0.378 e. The van der Waals surface area contributed by atoms with Gasteiger partial charge in [-0.05, 0) is 46.5 Å². The molecule has 0 aromatic rings. The van der Waals surface area contributed by atoms with Crippen molar-refractivity contribution in [1.82, 2.24) is 5.32 Å². The first kappa shape index (κ1) is 17.4. The van der Waals surface area contributed by atoms with Gasteiger partial charge in [-0.1, -0.05) is 13.8 Å². The molecule has 0 aromatic carbocycles. The fourth-order valence-corrected chi connectivity index (χ4v) is 1.79. The molecule has 2 unspecified atom stereocenters. The van der Waals surface area contributed by atoms with Crippen LogP contribution in [0, 0.1) is 5.92 Å². The zero-order chi connectivity index (χ0) is 14.3. The van der Waals surface area contributed by atoms with E-state index >= 15 is 0 Å². The van der Waals surface area contributed by atoms with Crippen LogP contribution in [0.25, 0.3) is 0 Å². The summed E-state index contributed by atoms with van der Waals surface area (Å²) in [6.07, 6.45) is 1.78. The van der Waals surface area contributed by atoms with E-state index in [-0.39, 0.29) is 18.1 Å². The molecule has 0 saturated carbocycles. The first-order chi connectivity index (χ1) is 8.19. The third-order valence-corrected chi connectivity index (χ3v) is 3.29. The second-order valence-electron chi connectivity index (χ2n) is 5.92. The molecule has 0 saturated heterocycles. The lowest BCUT2D eigenvalue weighted by molar-refractivity contribution is -0.124. The zero-order valence-corrected chi connectivity index (χ0v) is 12.7. The van der Waals surface area contributed by atoms with Gasteiger partial charge in [0.15, 0.2) is 0 Å². The van der Waals surface area contributed by atoms with Crippen LogP contribution in [0.5, 0.6) is 0 Å². The predicted molar refractivity (Wildman–Crippen MR) is 75.4 cm³/mol. The van der Waals surface area contributed by atoms with Crippen LogP contribution in [-0.2, 0) is 9.53 Å². The monoisotopic (exact) mass is 258 g/mol. The van der Waals surface area contributed by atoms with E-state index in [1.807, 2.05) is 20.8 Å². The van der Waals surface area contributed by atoms with E-state index in [1.165, 1.54) is 0 Å². The van der Waals surface area contributed by atoms with Crippen molar-refractivity contribution in [1.29, 1.82) is 0 Å². The summed E-state index contributed by atoms with van der Waals surface area (Å²) in [5.74, 6) is 0.217. The molecular weight excluding hydrogens is 228 g/mol. The molecule has 0 rings (SSSR count). The van der Waals surface area contributed by atoms with E-state index < -0.39 is 5.54 Å². The molecule has 3 N–H and O–H groups in total. The summed E-state index contributed by atoms with van der Waals surface area (Å²) in [6.45, 7) is 12.9. The number of hydrogen-bond donors (Lipinski definition) is 2. The van der Waals surface area contributed by atoms with Crippen LogP contribution in [0.1, 0.15) is 54.4 Å². The Balaban J connectivity index is 4.10. The van der Waals surface area contributed by atoms with Crippen molar-refractivity contribution in [3.8, 4) is 0 Å². The van der Waals surface area contributed by atoms with Gasteiger partial charge in [-0.3, -0.25) is 4.79 Å². The van der Waals surface area contributed by atoms with E-state index in [1.54, 1.807) is 0 Å². The Kier molecular flexibility index (Phi) is 7.48. The maximum Gasteiger partial charge on any atom is 0.237 e. The third kappa shape index (κ3) is 6.36. The summed E-state index contributed by atoms with van der Waals surface area (Å²) >= 11 is 0. The number of hydrogen-bond acceptors (Lipinski definition) is 3. The lowest BCUT2D eigenvalue weighted by atomic mass is 9.94. The quantitative estimate of drug-likeness (QED) is 0.622. The summed E-state index contributed by atoms with van der Waals surface area (Å²) in [7, 11) is 0. The first-order valence-electron chi connectivity index (χ1n) is 6.88. The lowest BCUT2D eigenvalue weighted by Crippen LogP contribution is -2.55. The smallest absolute Gasteiger partial charge is 0.237 e. The van der Waals surface area contributed by atoms with Crippen LogP contribution in [0.3, 0.4) is 0 Å². The van der Waals surface area contributed by atoms with Crippen molar-refractivity contribution in [3.63, 3.8) is 0 Å². The van der Waals surface area contributed by atoms with Crippen LogP contribution in [0.15, 0.2) is 0 Å². The molecule has 2 atom stereocenters. The lowest BCUT2D eigenvalue weighted by Gasteiger charge is -2.30. The van der Waals surface area contributed by atoms with Crippen molar-refractivity contribution in [3.05, 3.63) is 0 Å². The van der Waals surface area contributed by atoms with Crippen LogP contribution in [-0.4, -0.2) is 30.2 Å². The van der Waals surface area contributed by atoms with Crippen LogP contribution in [0.4, 0.5) is 0 Å². The normalized spacial score (nSPS) is 16.9. The minimum atomic E-state index is -0.640. The molecule has 0 aliphatic heterocycles. The molecule has 18 heavy (non-hydrogen) atoms. The number of nitrogens with two attached hydrogens (primary N) is 1. The Hall–Kier alpha value is -0.610. The maximum absolute atomic E-state index is 11.5. The SMILES string of the molecule is CC(C)NC(C)(CCCOC(C)C(C)C)C(N)=O. The van der Waals surface area contributed by atoms with Gasteiger partial charge in [-0.25, -0.2) is 0 Å². The van der Waals surface area contributed by atoms with Crippen molar-refractivity contribution >= 4 is 5.91 Å². The standard InChI is InChI=1S/C14H30N2O2/c1-10(2)12(5)18-9-7-8-14(6,13(15)17)16-11(3)4/h10-12,16H,7-9H2,1-6H3,(H2,15,17). The average molecular weight is 258 g/mol. The van der Waals surface area contributed by atoms with Gasteiger partial charge >= 0.3 is 0 Å². The van der Waals surface area contributed by atoms with Gasteiger partial charge in [0.05, 0.1) is 11.6 Å². The van der Waals surface area contributed by atoms with Crippen LogP contribution < -0.4 is 11.1 Å². The summed E-state index contributed by atoms with van der Waals surface area (Å²) in [6, 6.07) is 0.234. The van der Waals surface area contributed by atoms with E-state index in [2.05, 4.69) is 26.1 Å². The van der Waals surface area contributed by atoms with Crippen LogP contribution >= 0.6 is 0 Å². The molecule has 0 spiro atoms. The molecule has 4 nitrogen and oxygen atoms in total. The van der Waals surface area contributed by atoms with Crippen molar-refractivity contribution in [2.45, 2.75) is 72.1 Å². The number of nitrogens with one attached hydrogen (secondary N) is 1. The van der Waals surface area contributed by atoms with Gasteiger partial charge in [0.25, 0.3) is 0 Å². The minimum absolute atomic E-state index is 0.234.